The number of nitrogens with one attached hydrogen (secondary N) is 3. The Balaban J connectivity index is 1.65. The van der Waals surface area contributed by atoms with Gasteiger partial charge < -0.3 is 20.7 Å². The van der Waals surface area contributed by atoms with Gasteiger partial charge in [0.1, 0.15) is 5.75 Å². The lowest BCUT2D eigenvalue weighted by Crippen LogP contribution is -2.31. The van der Waals surface area contributed by atoms with Crippen LogP contribution >= 0.6 is 0 Å². The Morgan fingerprint density at radius 3 is 2.52 bits per heavy atom. The van der Waals surface area contributed by atoms with Crippen molar-refractivity contribution >= 4 is 23.3 Å². The van der Waals surface area contributed by atoms with E-state index in [9.17, 15) is 9.59 Å². The van der Waals surface area contributed by atoms with Crippen molar-refractivity contribution in [3.63, 3.8) is 0 Å². The average molecular weight is 311 g/mol. The number of hydrogen-bond acceptors (Lipinski definition) is 3. The number of ether oxygens (including phenoxy) is 1. The molecule has 0 spiro atoms. The molecule has 0 radical (unpaired) electrons. The number of fused-ring (bicyclic) bond motifs is 1. The smallest absolute Gasteiger partial charge is 0.318 e. The Hall–Kier alpha value is -3.02. The minimum atomic E-state index is -0.539. The van der Waals surface area contributed by atoms with E-state index in [1.54, 1.807) is 24.3 Å². The monoisotopic (exact) mass is 311 g/mol. The first-order valence-electron chi connectivity index (χ1n) is 7.30. The first-order chi connectivity index (χ1) is 11.2. The first kappa shape index (κ1) is 14.9. The molecule has 23 heavy (non-hydrogen) atoms. The summed E-state index contributed by atoms with van der Waals surface area (Å²) in [6, 6.07) is 14.3. The van der Waals surface area contributed by atoms with Gasteiger partial charge in [0, 0.05) is 24.8 Å². The lowest BCUT2D eigenvalue weighted by atomic mass is 10.1. The van der Waals surface area contributed by atoms with E-state index < -0.39 is 6.10 Å². The molecule has 0 saturated heterocycles. The van der Waals surface area contributed by atoms with Gasteiger partial charge in [0.2, 0.25) is 0 Å². The van der Waals surface area contributed by atoms with E-state index in [4.69, 9.17) is 4.74 Å². The van der Waals surface area contributed by atoms with Gasteiger partial charge >= 0.3 is 6.03 Å². The van der Waals surface area contributed by atoms with Crippen LogP contribution < -0.4 is 20.7 Å². The number of carbonyl (C=O) groups excluding carboxylic acids is 2. The van der Waals surface area contributed by atoms with E-state index in [0.29, 0.717) is 17.8 Å². The molecule has 2 aromatic carbocycles. The third-order valence-corrected chi connectivity index (χ3v) is 3.55. The molecule has 0 aliphatic carbocycles. The van der Waals surface area contributed by atoms with E-state index in [2.05, 4.69) is 16.0 Å². The maximum absolute atomic E-state index is 12.3. The number of amides is 3. The molecule has 1 unspecified atom stereocenters. The van der Waals surface area contributed by atoms with Crippen LogP contribution in [0.4, 0.5) is 16.2 Å². The van der Waals surface area contributed by atoms with Gasteiger partial charge in [-0.3, -0.25) is 4.79 Å². The second-order valence-corrected chi connectivity index (χ2v) is 5.19. The molecule has 6 heteroatoms. The van der Waals surface area contributed by atoms with Gasteiger partial charge in [0.25, 0.3) is 5.91 Å². The summed E-state index contributed by atoms with van der Waals surface area (Å²) in [6.45, 7) is 0. The molecular weight excluding hydrogens is 294 g/mol. The van der Waals surface area contributed by atoms with E-state index in [0.717, 1.165) is 11.3 Å². The number of benzene rings is 2. The molecule has 1 aliphatic rings. The SMILES string of the molecule is CNC(=O)Nc1cccc(NC(=O)C2Cc3ccccc3O2)c1. The number of anilines is 2. The van der Waals surface area contributed by atoms with Crippen LogP contribution in [0.3, 0.4) is 0 Å². The van der Waals surface area contributed by atoms with Crippen molar-refractivity contribution < 1.29 is 14.3 Å². The fraction of sp³-hybridized carbons (Fsp3) is 0.176. The van der Waals surface area contributed by atoms with Crippen LogP contribution in [-0.2, 0) is 11.2 Å². The van der Waals surface area contributed by atoms with Crippen LogP contribution in [0.1, 0.15) is 5.56 Å². The molecule has 2 aromatic rings. The van der Waals surface area contributed by atoms with Gasteiger partial charge in [0.05, 0.1) is 0 Å². The highest BCUT2D eigenvalue weighted by atomic mass is 16.5. The quantitative estimate of drug-likeness (QED) is 0.814. The van der Waals surface area contributed by atoms with Crippen molar-refractivity contribution in [1.82, 2.24) is 5.32 Å². The minimum absolute atomic E-state index is 0.210. The molecule has 3 N–H and O–H groups in total. The predicted octanol–water partition coefficient (Wildman–Crippen LogP) is 2.38. The molecule has 6 nitrogen and oxygen atoms in total. The molecule has 1 heterocycles. The van der Waals surface area contributed by atoms with Gasteiger partial charge in [-0.05, 0) is 29.8 Å². The summed E-state index contributed by atoms with van der Waals surface area (Å²) >= 11 is 0. The summed E-state index contributed by atoms with van der Waals surface area (Å²) in [4.78, 5) is 23.7. The standard InChI is InChI=1S/C17H17N3O3/c1-18-17(22)20-13-7-4-6-12(10-13)19-16(21)15-9-11-5-2-3-8-14(11)23-15/h2-8,10,15H,9H2,1H3,(H,19,21)(H2,18,20,22). The van der Waals surface area contributed by atoms with Gasteiger partial charge in [-0.2, -0.15) is 0 Å². The molecular formula is C17H17N3O3. The molecule has 0 aromatic heterocycles. The fourth-order valence-electron chi connectivity index (χ4n) is 2.42. The van der Waals surface area contributed by atoms with Crippen molar-refractivity contribution in [2.45, 2.75) is 12.5 Å². The third-order valence-electron chi connectivity index (χ3n) is 3.55. The summed E-state index contributed by atoms with van der Waals surface area (Å²) in [7, 11) is 1.54. The summed E-state index contributed by atoms with van der Waals surface area (Å²) in [5.74, 6) is 0.543. The van der Waals surface area contributed by atoms with E-state index in [1.807, 2.05) is 24.3 Å². The molecule has 1 aliphatic heterocycles. The molecule has 0 fully saturated rings. The van der Waals surface area contributed by atoms with E-state index in [1.165, 1.54) is 7.05 Å². The first-order valence-corrected chi connectivity index (χ1v) is 7.30. The Kier molecular flexibility index (Phi) is 4.14. The highest BCUT2D eigenvalue weighted by Crippen LogP contribution is 2.28. The number of carbonyl (C=O) groups is 2. The number of hydrogen-bond donors (Lipinski definition) is 3. The maximum atomic E-state index is 12.3. The van der Waals surface area contributed by atoms with Gasteiger partial charge in [-0.1, -0.05) is 24.3 Å². The van der Waals surface area contributed by atoms with Crippen LogP contribution in [-0.4, -0.2) is 25.1 Å². The third kappa shape index (κ3) is 3.42. The predicted molar refractivity (Wildman–Crippen MR) is 87.7 cm³/mol. The van der Waals surface area contributed by atoms with E-state index >= 15 is 0 Å². The summed E-state index contributed by atoms with van der Waals surface area (Å²) in [5.41, 5.74) is 2.23. The van der Waals surface area contributed by atoms with Crippen LogP contribution in [0.5, 0.6) is 5.75 Å². The van der Waals surface area contributed by atoms with Crippen molar-refractivity contribution in [1.29, 1.82) is 0 Å². The largest absolute Gasteiger partial charge is 0.480 e. The normalized spacial score (nSPS) is 15.3. The van der Waals surface area contributed by atoms with Gasteiger partial charge in [-0.15, -0.1) is 0 Å². The van der Waals surface area contributed by atoms with Crippen molar-refractivity contribution in [3.05, 3.63) is 54.1 Å². The zero-order chi connectivity index (χ0) is 16.2. The Morgan fingerprint density at radius 2 is 1.78 bits per heavy atom. The molecule has 3 amide bonds. The van der Waals surface area contributed by atoms with Crippen molar-refractivity contribution in [2.24, 2.45) is 0 Å². The summed E-state index contributed by atoms with van der Waals surface area (Å²) in [6.07, 6.45) is 0.0148. The van der Waals surface area contributed by atoms with Crippen molar-refractivity contribution in [2.75, 3.05) is 17.7 Å². The van der Waals surface area contributed by atoms with Crippen LogP contribution in [0, 0.1) is 0 Å². The highest BCUT2D eigenvalue weighted by molar-refractivity contribution is 5.96. The number of urea groups is 1. The minimum Gasteiger partial charge on any atom is -0.480 e. The zero-order valence-electron chi connectivity index (χ0n) is 12.6. The second kappa shape index (κ2) is 6.39. The van der Waals surface area contributed by atoms with Crippen molar-refractivity contribution in [3.8, 4) is 5.75 Å². The van der Waals surface area contributed by atoms with Crippen LogP contribution in [0.2, 0.25) is 0 Å². The average Bonchev–Trinajstić information content (AvgIpc) is 2.99. The molecule has 118 valence electrons. The second-order valence-electron chi connectivity index (χ2n) is 5.19. The zero-order valence-corrected chi connectivity index (χ0v) is 12.6. The Morgan fingerprint density at radius 1 is 1.04 bits per heavy atom. The molecule has 0 saturated carbocycles. The molecule has 0 bridgehead atoms. The Labute approximate surface area is 133 Å². The highest BCUT2D eigenvalue weighted by Gasteiger charge is 2.28. The fourth-order valence-corrected chi connectivity index (χ4v) is 2.42. The van der Waals surface area contributed by atoms with Gasteiger partial charge in [0.15, 0.2) is 6.10 Å². The summed E-state index contributed by atoms with van der Waals surface area (Å²) in [5, 5.41) is 7.94. The Bertz CT molecular complexity index is 720. The van der Waals surface area contributed by atoms with Crippen LogP contribution in [0.25, 0.3) is 0 Å². The van der Waals surface area contributed by atoms with E-state index in [-0.39, 0.29) is 11.9 Å². The molecule has 1 atom stereocenters. The van der Waals surface area contributed by atoms with Gasteiger partial charge in [-0.25, -0.2) is 4.79 Å². The number of para-hydroxylation sites is 1. The maximum Gasteiger partial charge on any atom is 0.318 e. The lowest BCUT2D eigenvalue weighted by molar-refractivity contribution is -0.122. The molecule has 3 rings (SSSR count). The van der Waals surface area contributed by atoms with Crippen LogP contribution in [0.15, 0.2) is 48.5 Å². The summed E-state index contributed by atoms with van der Waals surface area (Å²) < 4.78 is 5.66. The topological polar surface area (TPSA) is 79.5 Å². The lowest BCUT2D eigenvalue weighted by Gasteiger charge is -2.12. The number of rotatable bonds is 3.